The summed E-state index contributed by atoms with van der Waals surface area (Å²) in [4.78, 5) is 7.92. The summed E-state index contributed by atoms with van der Waals surface area (Å²) in [7, 11) is 0. The fourth-order valence-electron chi connectivity index (χ4n) is 1.04. The highest BCUT2D eigenvalue weighted by Gasteiger charge is 2.06. The molecule has 0 fully saturated rings. The van der Waals surface area contributed by atoms with Crippen molar-refractivity contribution in [2.24, 2.45) is 0 Å². The third-order valence-corrected chi connectivity index (χ3v) is 2.58. The maximum Gasteiger partial charge on any atom is 0.238 e. The number of aromatic nitrogens is 2. The minimum Gasteiger partial charge on any atom is -0.436 e. The number of halogens is 3. The van der Waals surface area contributed by atoms with Gasteiger partial charge in [-0.3, -0.25) is 4.98 Å². The molecule has 82 valence electrons. The second kappa shape index (κ2) is 4.99. The number of ether oxygens (including phenoxy) is 1. The predicted molar refractivity (Wildman–Crippen MR) is 66.3 cm³/mol. The van der Waals surface area contributed by atoms with E-state index >= 15 is 0 Å². The minimum atomic E-state index is 0.314. The SMILES string of the molecule is Clc1cncc(Oc2ncc(Br)cc2Cl)c1. The largest absolute Gasteiger partial charge is 0.436 e. The van der Waals surface area contributed by atoms with E-state index in [1.807, 2.05) is 0 Å². The summed E-state index contributed by atoms with van der Waals surface area (Å²) < 4.78 is 6.22. The first-order valence-corrected chi connectivity index (χ1v) is 5.79. The Balaban J connectivity index is 2.27. The number of hydrogen-bond donors (Lipinski definition) is 0. The van der Waals surface area contributed by atoms with E-state index in [0.29, 0.717) is 21.7 Å². The molecule has 2 rings (SSSR count). The molecule has 0 aliphatic heterocycles. The third-order valence-electron chi connectivity index (χ3n) is 1.67. The number of pyridine rings is 2. The summed E-state index contributed by atoms with van der Waals surface area (Å²) >= 11 is 15.0. The van der Waals surface area contributed by atoms with Gasteiger partial charge in [-0.2, -0.15) is 0 Å². The topological polar surface area (TPSA) is 35.0 Å². The zero-order chi connectivity index (χ0) is 11.5. The monoisotopic (exact) mass is 318 g/mol. The van der Waals surface area contributed by atoms with Gasteiger partial charge in [0.1, 0.15) is 10.8 Å². The van der Waals surface area contributed by atoms with Crippen LogP contribution in [0.25, 0.3) is 0 Å². The van der Waals surface area contributed by atoms with Crippen LogP contribution in [-0.4, -0.2) is 9.97 Å². The Hall–Kier alpha value is -0.840. The highest BCUT2D eigenvalue weighted by Crippen LogP contribution is 2.29. The Morgan fingerprint density at radius 2 is 1.94 bits per heavy atom. The van der Waals surface area contributed by atoms with Crippen molar-refractivity contribution in [2.75, 3.05) is 0 Å². The number of nitrogens with zero attached hydrogens (tertiary/aromatic N) is 2. The molecule has 2 heterocycles. The van der Waals surface area contributed by atoms with Gasteiger partial charge >= 0.3 is 0 Å². The summed E-state index contributed by atoms with van der Waals surface area (Å²) in [6.07, 6.45) is 4.65. The molecule has 16 heavy (non-hydrogen) atoms. The lowest BCUT2D eigenvalue weighted by Crippen LogP contribution is -1.89. The van der Waals surface area contributed by atoms with Crippen LogP contribution in [0.1, 0.15) is 0 Å². The summed E-state index contributed by atoms with van der Waals surface area (Å²) in [5.41, 5.74) is 0. The van der Waals surface area contributed by atoms with Gasteiger partial charge in [0.25, 0.3) is 0 Å². The lowest BCUT2D eigenvalue weighted by molar-refractivity contribution is 0.461. The molecule has 0 atom stereocenters. The van der Waals surface area contributed by atoms with Gasteiger partial charge in [-0.25, -0.2) is 4.98 Å². The van der Waals surface area contributed by atoms with Gasteiger partial charge in [0.15, 0.2) is 0 Å². The first kappa shape index (κ1) is 11.6. The molecule has 0 aromatic carbocycles. The maximum atomic E-state index is 5.95. The van der Waals surface area contributed by atoms with Gasteiger partial charge in [-0.05, 0) is 22.0 Å². The standard InChI is InChI=1S/C10H5BrCl2N2O/c11-6-1-9(13)10(15-3-6)16-8-2-7(12)4-14-5-8/h1-5H. The molecule has 0 aliphatic rings. The van der Waals surface area contributed by atoms with E-state index in [-0.39, 0.29) is 0 Å². The van der Waals surface area contributed by atoms with Crippen molar-refractivity contribution in [1.29, 1.82) is 0 Å². The van der Waals surface area contributed by atoms with E-state index < -0.39 is 0 Å². The van der Waals surface area contributed by atoms with Crippen molar-refractivity contribution in [3.8, 4) is 11.6 Å². The highest BCUT2D eigenvalue weighted by molar-refractivity contribution is 9.10. The van der Waals surface area contributed by atoms with E-state index in [0.717, 1.165) is 4.47 Å². The normalized spacial score (nSPS) is 10.2. The lowest BCUT2D eigenvalue weighted by Gasteiger charge is -2.05. The summed E-state index contributed by atoms with van der Waals surface area (Å²) in [6, 6.07) is 3.33. The molecule has 6 heteroatoms. The van der Waals surface area contributed by atoms with Crippen LogP contribution in [0.4, 0.5) is 0 Å². The zero-order valence-electron chi connectivity index (χ0n) is 7.82. The average molecular weight is 320 g/mol. The van der Waals surface area contributed by atoms with Gasteiger partial charge in [0.2, 0.25) is 5.88 Å². The second-order valence-electron chi connectivity index (χ2n) is 2.88. The van der Waals surface area contributed by atoms with Gasteiger partial charge < -0.3 is 4.74 Å². The maximum absolute atomic E-state index is 5.95. The summed E-state index contributed by atoms with van der Waals surface area (Å²) in [5, 5.41) is 0.903. The van der Waals surface area contributed by atoms with E-state index in [1.54, 1.807) is 18.3 Å². The molecule has 0 spiro atoms. The molecular formula is C10H5BrCl2N2O. The molecule has 2 aromatic rings. The van der Waals surface area contributed by atoms with Crippen LogP contribution in [0.2, 0.25) is 10.0 Å². The van der Waals surface area contributed by atoms with Crippen LogP contribution in [0.15, 0.2) is 35.2 Å². The molecule has 0 unspecified atom stereocenters. The van der Waals surface area contributed by atoms with E-state index in [2.05, 4.69) is 25.9 Å². The van der Waals surface area contributed by atoms with Crippen molar-refractivity contribution in [2.45, 2.75) is 0 Å². The fourth-order valence-corrected chi connectivity index (χ4v) is 1.87. The first-order valence-electron chi connectivity index (χ1n) is 4.24. The van der Waals surface area contributed by atoms with E-state index in [4.69, 9.17) is 27.9 Å². The summed E-state index contributed by atoms with van der Waals surface area (Å²) in [6.45, 7) is 0. The van der Waals surface area contributed by atoms with Crippen LogP contribution in [-0.2, 0) is 0 Å². The Bertz CT molecular complexity index is 522. The van der Waals surface area contributed by atoms with Gasteiger partial charge in [-0.15, -0.1) is 0 Å². The zero-order valence-corrected chi connectivity index (χ0v) is 10.9. The lowest BCUT2D eigenvalue weighted by atomic mass is 10.4. The van der Waals surface area contributed by atoms with Crippen LogP contribution in [0, 0.1) is 0 Å². The molecule has 0 amide bonds. The van der Waals surface area contributed by atoms with Crippen molar-refractivity contribution in [3.05, 3.63) is 45.2 Å². The predicted octanol–water partition coefficient (Wildman–Crippen LogP) is 4.34. The Kier molecular flexibility index (Phi) is 3.63. The van der Waals surface area contributed by atoms with Crippen molar-refractivity contribution in [3.63, 3.8) is 0 Å². The van der Waals surface area contributed by atoms with Crippen LogP contribution in [0.5, 0.6) is 11.6 Å². The molecule has 0 N–H and O–H groups in total. The average Bonchev–Trinajstić information content (AvgIpc) is 2.22. The first-order chi connectivity index (χ1) is 7.65. The van der Waals surface area contributed by atoms with E-state index in [1.165, 1.54) is 12.4 Å². The molecule has 0 radical (unpaired) electrons. The molecule has 0 saturated heterocycles. The Morgan fingerprint density at radius 3 is 2.62 bits per heavy atom. The Morgan fingerprint density at radius 1 is 1.12 bits per heavy atom. The van der Waals surface area contributed by atoms with Gasteiger partial charge in [0, 0.05) is 22.9 Å². The number of hydrogen-bond acceptors (Lipinski definition) is 3. The fraction of sp³-hybridized carbons (Fsp3) is 0. The van der Waals surface area contributed by atoms with Gasteiger partial charge in [0.05, 0.1) is 11.2 Å². The van der Waals surface area contributed by atoms with Crippen LogP contribution >= 0.6 is 39.1 Å². The van der Waals surface area contributed by atoms with E-state index in [9.17, 15) is 0 Å². The Labute approximate surface area is 111 Å². The molecule has 2 aromatic heterocycles. The molecule has 0 bridgehead atoms. The smallest absolute Gasteiger partial charge is 0.238 e. The number of rotatable bonds is 2. The minimum absolute atomic E-state index is 0.314. The quantitative estimate of drug-likeness (QED) is 0.826. The molecular weight excluding hydrogens is 315 g/mol. The molecule has 0 aliphatic carbocycles. The molecule has 3 nitrogen and oxygen atoms in total. The van der Waals surface area contributed by atoms with Crippen LogP contribution < -0.4 is 4.74 Å². The van der Waals surface area contributed by atoms with Crippen LogP contribution in [0.3, 0.4) is 0 Å². The van der Waals surface area contributed by atoms with Crippen molar-refractivity contribution < 1.29 is 4.74 Å². The second-order valence-corrected chi connectivity index (χ2v) is 4.64. The molecule has 0 saturated carbocycles. The van der Waals surface area contributed by atoms with Crippen molar-refractivity contribution >= 4 is 39.1 Å². The summed E-state index contributed by atoms with van der Waals surface area (Å²) in [5.74, 6) is 0.804. The highest BCUT2D eigenvalue weighted by atomic mass is 79.9. The third kappa shape index (κ3) is 2.84. The van der Waals surface area contributed by atoms with Gasteiger partial charge in [-0.1, -0.05) is 23.2 Å². The van der Waals surface area contributed by atoms with Crippen molar-refractivity contribution in [1.82, 2.24) is 9.97 Å².